The second-order valence-corrected chi connectivity index (χ2v) is 11.5. The number of benzene rings is 1. The quantitative estimate of drug-likeness (QED) is 0.454. The van der Waals surface area contributed by atoms with Gasteiger partial charge in [0.05, 0.1) is 29.4 Å². The van der Waals surface area contributed by atoms with Crippen LogP contribution in [0.1, 0.15) is 44.1 Å². The summed E-state index contributed by atoms with van der Waals surface area (Å²) in [5.41, 5.74) is 1.00. The van der Waals surface area contributed by atoms with Crippen molar-refractivity contribution < 1.29 is 4.79 Å². The van der Waals surface area contributed by atoms with Crippen LogP contribution in [0.3, 0.4) is 0 Å². The Balaban J connectivity index is 1.22. The minimum absolute atomic E-state index is 0.0930. The van der Waals surface area contributed by atoms with Gasteiger partial charge in [0.15, 0.2) is 0 Å². The average Bonchev–Trinajstić information content (AvgIpc) is 3.39. The van der Waals surface area contributed by atoms with Crippen LogP contribution in [-0.2, 0) is 16.9 Å². The molecule has 2 aromatic heterocycles. The first-order valence-electron chi connectivity index (χ1n) is 11.2. The van der Waals surface area contributed by atoms with E-state index in [4.69, 9.17) is 23.2 Å². The molecule has 3 aromatic rings. The smallest absolute Gasteiger partial charge is 0.230 e. The largest absolute Gasteiger partial charge is 0.323 e. The van der Waals surface area contributed by atoms with E-state index in [0.29, 0.717) is 38.8 Å². The summed E-state index contributed by atoms with van der Waals surface area (Å²) in [7, 11) is 0. The molecule has 33 heavy (non-hydrogen) atoms. The lowest BCUT2D eigenvalue weighted by Gasteiger charge is -2.60. The highest BCUT2D eigenvalue weighted by Gasteiger charge is 2.61. The Bertz CT molecular complexity index is 1210. The summed E-state index contributed by atoms with van der Waals surface area (Å²) in [6.07, 6.45) is 11.4. The molecule has 10 heteroatoms. The molecule has 7 nitrogen and oxygen atoms in total. The number of hydrogen-bond donors (Lipinski definition) is 1. The molecule has 0 aliphatic heterocycles. The Kier molecular flexibility index (Phi) is 5.12. The van der Waals surface area contributed by atoms with Crippen LogP contribution in [0.25, 0.3) is 0 Å². The molecule has 0 saturated heterocycles. The van der Waals surface area contributed by atoms with Crippen LogP contribution in [0.15, 0.2) is 41.7 Å². The van der Waals surface area contributed by atoms with Gasteiger partial charge in [-0.15, -0.1) is 5.10 Å². The zero-order valence-corrected chi connectivity index (χ0v) is 20.9. The van der Waals surface area contributed by atoms with E-state index in [1.165, 1.54) is 6.42 Å². The first-order valence-corrected chi connectivity index (χ1v) is 12.7. The number of halogens is 3. The van der Waals surface area contributed by atoms with Crippen LogP contribution in [0.2, 0.25) is 10.0 Å². The first kappa shape index (κ1) is 21.6. The van der Waals surface area contributed by atoms with Crippen molar-refractivity contribution in [1.29, 1.82) is 0 Å². The average molecular weight is 550 g/mol. The van der Waals surface area contributed by atoms with Crippen molar-refractivity contribution >= 4 is 50.7 Å². The highest BCUT2D eigenvalue weighted by molar-refractivity contribution is 9.10. The van der Waals surface area contributed by atoms with E-state index in [-0.39, 0.29) is 16.9 Å². The molecule has 1 aromatic carbocycles. The van der Waals surface area contributed by atoms with Crippen LogP contribution >= 0.6 is 39.1 Å². The predicted octanol–water partition coefficient (Wildman–Crippen LogP) is 5.53. The van der Waals surface area contributed by atoms with E-state index in [0.717, 1.165) is 37.7 Å². The van der Waals surface area contributed by atoms with Crippen LogP contribution in [0, 0.1) is 17.3 Å². The summed E-state index contributed by atoms with van der Waals surface area (Å²) in [4.78, 5) is 18.0. The molecule has 4 aliphatic carbocycles. The fourth-order valence-corrected chi connectivity index (χ4v) is 7.62. The highest BCUT2D eigenvalue weighted by Crippen LogP contribution is 2.64. The molecule has 2 unspecified atom stereocenters. The van der Waals surface area contributed by atoms with Crippen LogP contribution < -0.4 is 5.32 Å². The molecule has 4 saturated carbocycles. The number of rotatable bonds is 5. The molecule has 0 radical (unpaired) electrons. The second-order valence-electron chi connectivity index (χ2n) is 10.0. The van der Waals surface area contributed by atoms with Gasteiger partial charge in [-0.3, -0.25) is 9.48 Å². The summed E-state index contributed by atoms with van der Waals surface area (Å²) in [5.74, 6) is 1.19. The predicted molar refractivity (Wildman–Crippen MR) is 129 cm³/mol. The van der Waals surface area contributed by atoms with Crippen molar-refractivity contribution in [2.75, 3.05) is 5.32 Å². The maximum absolute atomic E-state index is 13.7. The number of aromatic nitrogens is 5. The summed E-state index contributed by atoms with van der Waals surface area (Å²) in [6, 6.07) is 5.44. The van der Waals surface area contributed by atoms with Gasteiger partial charge in [0.25, 0.3) is 0 Å². The van der Waals surface area contributed by atoms with E-state index in [1.54, 1.807) is 10.9 Å². The second kappa shape index (κ2) is 7.82. The lowest BCUT2D eigenvalue weighted by atomic mass is 9.46. The lowest BCUT2D eigenvalue weighted by Crippen LogP contribution is -2.60. The Hall–Kier alpha value is -1.90. The number of carbonyl (C=O) groups excluding carboxylic acids is 1. The molecular formula is C23H23BrCl2N6O. The van der Waals surface area contributed by atoms with Gasteiger partial charge in [0, 0.05) is 21.8 Å². The standard InChI is InChI=1S/C23H23BrCl2N6O/c24-21-27-13-32(30-21)23-7-14-4-15(8-23)6-22(5-14,12-23)20(33)29-16-9-28-31(10-16)11-17-18(25)2-1-3-19(17)26/h1-3,9-10,13-15H,4-8,11-12H2,(H,29,33). The SMILES string of the molecule is O=C(Nc1cnn(Cc2c(Cl)cccc2Cl)c1)C12CC3CC(C1)CC(n1cnc(Br)n1)(C3)C2. The highest BCUT2D eigenvalue weighted by atomic mass is 79.9. The van der Waals surface area contributed by atoms with Crippen molar-refractivity contribution in [2.45, 2.75) is 50.6 Å². The van der Waals surface area contributed by atoms with Gasteiger partial charge in [-0.2, -0.15) is 5.10 Å². The third-order valence-electron chi connectivity index (χ3n) is 7.73. The number of carbonyl (C=O) groups is 1. The maximum atomic E-state index is 13.7. The summed E-state index contributed by atoms with van der Waals surface area (Å²) in [5, 5.41) is 13.4. The van der Waals surface area contributed by atoms with Gasteiger partial charge < -0.3 is 5.32 Å². The fourth-order valence-electron chi connectivity index (χ4n) is 6.84. The first-order chi connectivity index (χ1) is 15.8. The Morgan fingerprint density at radius 3 is 2.58 bits per heavy atom. The van der Waals surface area contributed by atoms with Crippen molar-refractivity contribution in [3.05, 3.63) is 57.3 Å². The molecule has 2 heterocycles. The summed E-state index contributed by atoms with van der Waals surface area (Å²) < 4.78 is 4.36. The Morgan fingerprint density at radius 2 is 1.91 bits per heavy atom. The molecule has 2 atom stereocenters. The van der Waals surface area contributed by atoms with Gasteiger partial charge in [-0.05, 0) is 78.4 Å². The normalized spacial score (nSPS) is 30.0. The summed E-state index contributed by atoms with van der Waals surface area (Å²) in [6.45, 7) is 0.438. The van der Waals surface area contributed by atoms with Crippen LogP contribution in [0.5, 0.6) is 0 Å². The van der Waals surface area contributed by atoms with E-state index < -0.39 is 0 Å². The third-order valence-corrected chi connectivity index (χ3v) is 8.81. The molecule has 4 bridgehead atoms. The number of hydrogen-bond acceptors (Lipinski definition) is 4. The minimum Gasteiger partial charge on any atom is -0.323 e. The van der Waals surface area contributed by atoms with Gasteiger partial charge in [0.1, 0.15) is 6.33 Å². The van der Waals surface area contributed by atoms with Crippen molar-refractivity contribution in [3.8, 4) is 0 Å². The maximum Gasteiger partial charge on any atom is 0.230 e. The number of nitrogens with one attached hydrogen (secondary N) is 1. The van der Waals surface area contributed by atoms with Crippen LogP contribution in [-0.4, -0.2) is 30.5 Å². The topological polar surface area (TPSA) is 77.6 Å². The van der Waals surface area contributed by atoms with Gasteiger partial charge in [-0.25, -0.2) is 9.67 Å². The van der Waals surface area contributed by atoms with E-state index in [1.807, 2.05) is 35.4 Å². The van der Waals surface area contributed by atoms with Gasteiger partial charge in [-0.1, -0.05) is 29.3 Å². The monoisotopic (exact) mass is 548 g/mol. The van der Waals surface area contributed by atoms with Crippen molar-refractivity contribution in [1.82, 2.24) is 24.5 Å². The Labute approximate surface area is 210 Å². The molecule has 0 spiro atoms. The molecule has 1 N–H and O–H groups in total. The molecule has 172 valence electrons. The lowest BCUT2D eigenvalue weighted by molar-refractivity contribution is -0.150. The Morgan fingerprint density at radius 1 is 1.18 bits per heavy atom. The molecular weight excluding hydrogens is 527 g/mol. The molecule has 1 amide bonds. The van der Waals surface area contributed by atoms with E-state index >= 15 is 0 Å². The van der Waals surface area contributed by atoms with E-state index in [9.17, 15) is 4.79 Å². The zero-order chi connectivity index (χ0) is 22.8. The summed E-state index contributed by atoms with van der Waals surface area (Å²) >= 11 is 16.0. The minimum atomic E-state index is -0.378. The number of amides is 1. The zero-order valence-electron chi connectivity index (χ0n) is 17.8. The van der Waals surface area contributed by atoms with Gasteiger partial charge >= 0.3 is 0 Å². The fraction of sp³-hybridized carbons (Fsp3) is 0.478. The van der Waals surface area contributed by atoms with E-state index in [2.05, 4.69) is 36.4 Å². The van der Waals surface area contributed by atoms with Gasteiger partial charge in [0.2, 0.25) is 10.6 Å². The van der Waals surface area contributed by atoms with Crippen molar-refractivity contribution in [3.63, 3.8) is 0 Å². The van der Waals surface area contributed by atoms with Crippen LogP contribution in [0.4, 0.5) is 5.69 Å². The molecule has 4 fully saturated rings. The molecule has 7 rings (SSSR count). The molecule has 4 aliphatic rings. The number of nitrogens with zero attached hydrogens (tertiary/aromatic N) is 5. The van der Waals surface area contributed by atoms with Crippen molar-refractivity contribution in [2.24, 2.45) is 17.3 Å². The third kappa shape index (κ3) is 3.70. The number of anilines is 1.